The number of morpholine rings is 2. The van der Waals surface area contributed by atoms with E-state index in [-0.39, 0.29) is 54.0 Å². The molecule has 4 heterocycles. The number of likely N-dealkylation sites (N-methyl/N-ethyl adjacent to an activating group) is 1. The molecule has 0 aromatic heterocycles. The Balaban J connectivity index is 1.25. The molecule has 9 unspecified atom stereocenters. The molecule has 1 amide bonds. The second kappa shape index (κ2) is 10.1. The summed E-state index contributed by atoms with van der Waals surface area (Å²) < 4.78 is 28.6. The highest BCUT2D eigenvalue weighted by Gasteiger charge is 2.60. The van der Waals surface area contributed by atoms with E-state index < -0.39 is 12.1 Å². The lowest BCUT2D eigenvalue weighted by molar-refractivity contribution is -0.222. The molecule has 4 aliphatic heterocycles. The van der Waals surface area contributed by atoms with Gasteiger partial charge >= 0.3 is 0 Å². The average molecular weight is 531 g/mol. The minimum atomic E-state index is -1.14. The van der Waals surface area contributed by atoms with Gasteiger partial charge in [0.05, 0.1) is 49.1 Å². The number of rotatable bonds is 2. The summed E-state index contributed by atoms with van der Waals surface area (Å²) in [5, 5.41) is 0. The van der Waals surface area contributed by atoms with Gasteiger partial charge in [-0.25, -0.2) is 4.39 Å². The molecule has 3 saturated heterocycles. The largest absolute Gasteiger partial charge is 0.378 e. The highest BCUT2D eigenvalue weighted by atomic mass is 19.1. The zero-order chi connectivity index (χ0) is 26.0. The van der Waals surface area contributed by atoms with Crippen molar-refractivity contribution in [3.63, 3.8) is 0 Å². The van der Waals surface area contributed by atoms with Crippen LogP contribution >= 0.6 is 0 Å². The molecule has 0 radical (unpaired) electrons. The van der Waals surface area contributed by atoms with Crippen LogP contribution in [0, 0.1) is 17.8 Å². The lowest BCUT2D eigenvalue weighted by atomic mass is 9.64. The number of halogens is 1. The minimum Gasteiger partial charge on any atom is -0.378 e. The number of nitrogens with zero attached hydrogens (tertiary/aromatic N) is 4. The van der Waals surface area contributed by atoms with Crippen molar-refractivity contribution in [2.24, 2.45) is 17.8 Å². The van der Waals surface area contributed by atoms with E-state index in [1.807, 2.05) is 6.20 Å². The first-order valence-electron chi connectivity index (χ1n) is 15.1. The minimum absolute atomic E-state index is 0.0284. The van der Waals surface area contributed by atoms with E-state index >= 15 is 4.39 Å². The number of piperazine rings is 1. The molecule has 0 bridgehead atoms. The molecular weight excluding hydrogens is 487 g/mol. The number of hydrogen-bond donors (Lipinski definition) is 0. The van der Waals surface area contributed by atoms with E-state index in [2.05, 4.69) is 21.7 Å². The number of carbonyl (C=O) groups is 2. The van der Waals surface area contributed by atoms with E-state index in [1.54, 1.807) is 4.90 Å². The predicted octanol–water partition coefficient (Wildman–Crippen LogP) is 1.69. The van der Waals surface area contributed by atoms with Crippen molar-refractivity contribution in [3.05, 3.63) is 11.8 Å². The normalized spacial score (nSPS) is 44.1. The van der Waals surface area contributed by atoms with Crippen molar-refractivity contribution >= 4 is 11.7 Å². The highest BCUT2D eigenvalue weighted by Crippen LogP contribution is 2.50. The number of amides is 1. The quantitative estimate of drug-likeness (QED) is 0.504. The van der Waals surface area contributed by atoms with Crippen LogP contribution in [0.2, 0.25) is 0 Å². The van der Waals surface area contributed by atoms with Crippen LogP contribution in [0.4, 0.5) is 4.39 Å². The third-order valence-corrected chi connectivity index (χ3v) is 10.9. The first-order valence-corrected chi connectivity index (χ1v) is 15.1. The topological polar surface area (TPSA) is 65.6 Å². The Morgan fingerprint density at radius 3 is 2.39 bits per heavy atom. The lowest BCUT2D eigenvalue weighted by Crippen LogP contribution is -2.74. The van der Waals surface area contributed by atoms with Gasteiger partial charge in [-0.15, -0.1) is 0 Å². The van der Waals surface area contributed by atoms with Gasteiger partial charge in [0, 0.05) is 51.4 Å². The molecule has 9 heteroatoms. The summed E-state index contributed by atoms with van der Waals surface area (Å²) in [5.74, 6) is 0.432. The molecule has 7 aliphatic rings. The van der Waals surface area contributed by atoms with Crippen LogP contribution in [0.5, 0.6) is 0 Å². The van der Waals surface area contributed by atoms with Gasteiger partial charge in [-0.05, 0) is 38.1 Å². The predicted molar refractivity (Wildman–Crippen MR) is 139 cm³/mol. The molecule has 6 fully saturated rings. The van der Waals surface area contributed by atoms with Crippen LogP contribution in [0.1, 0.15) is 44.9 Å². The van der Waals surface area contributed by atoms with E-state index in [0.29, 0.717) is 38.1 Å². The standard InChI is InChI=1S/C29H43FN4O4/c1-31-6-8-32(9-7-31)26-22(30)16-20-25-28(26)38-24-15-19-5-3-2-4-18(19)14-23(24)34(25)17-21(27(20)35)29(36)33-10-12-37-13-11-33/h17-20,22-26,28H,2-16H2,1H3. The molecule has 9 atom stereocenters. The molecule has 7 rings (SSSR count). The fourth-order valence-electron chi connectivity index (χ4n) is 8.91. The number of hydrogen-bond acceptors (Lipinski definition) is 7. The van der Waals surface area contributed by atoms with Crippen LogP contribution in [0.3, 0.4) is 0 Å². The molecule has 0 spiro atoms. The van der Waals surface area contributed by atoms with E-state index in [9.17, 15) is 9.59 Å². The Morgan fingerprint density at radius 1 is 0.947 bits per heavy atom. The van der Waals surface area contributed by atoms with Gasteiger partial charge in [0.25, 0.3) is 5.91 Å². The fraction of sp³-hybridized carbons (Fsp3) is 0.862. The zero-order valence-corrected chi connectivity index (χ0v) is 22.7. The van der Waals surface area contributed by atoms with Crippen LogP contribution in [-0.4, -0.2) is 127 Å². The molecule has 8 nitrogen and oxygen atoms in total. The van der Waals surface area contributed by atoms with Gasteiger partial charge in [0.15, 0.2) is 5.78 Å². The van der Waals surface area contributed by atoms with Crippen LogP contribution in [0.25, 0.3) is 0 Å². The lowest BCUT2D eigenvalue weighted by Gasteiger charge is -2.62. The Bertz CT molecular complexity index is 964. The van der Waals surface area contributed by atoms with Crippen molar-refractivity contribution in [2.45, 2.75) is 81.5 Å². The van der Waals surface area contributed by atoms with E-state index in [0.717, 1.165) is 39.0 Å². The number of ether oxygens (including phenoxy) is 2. The molecule has 38 heavy (non-hydrogen) atoms. The summed E-state index contributed by atoms with van der Waals surface area (Å²) in [5.41, 5.74) is 0.253. The smallest absolute Gasteiger partial charge is 0.259 e. The third kappa shape index (κ3) is 4.23. The molecule has 0 aromatic rings. The number of alkyl halides is 1. The van der Waals surface area contributed by atoms with Gasteiger partial charge in [0.1, 0.15) is 6.17 Å². The monoisotopic (exact) mass is 530 g/mol. The van der Waals surface area contributed by atoms with Gasteiger partial charge in [-0.1, -0.05) is 25.7 Å². The zero-order valence-electron chi connectivity index (χ0n) is 22.7. The highest BCUT2D eigenvalue weighted by molar-refractivity contribution is 6.20. The summed E-state index contributed by atoms with van der Waals surface area (Å²) in [6.45, 7) is 5.45. The van der Waals surface area contributed by atoms with E-state index in [4.69, 9.17) is 9.47 Å². The van der Waals surface area contributed by atoms with Gasteiger partial charge in [0.2, 0.25) is 0 Å². The van der Waals surface area contributed by atoms with Crippen LogP contribution < -0.4 is 0 Å². The van der Waals surface area contributed by atoms with E-state index in [1.165, 1.54) is 25.7 Å². The van der Waals surface area contributed by atoms with Crippen molar-refractivity contribution in [2.75, 3.05) is 59.5 Å². The summed E-state index contributed by atoms with van der Waals surface area (Å²) in [7, 11) is 2.12. The summed E-state index contributed by atoms with van der Waals surface area (Å²) >= 11 is 0. The Hall–Kier alpha value is -1.55. The Kier molecular flexibility index (Phi) is 6.78. The summed E-state index contributed by atoms with van der Waals surface area (Å²) in [6, 6.07) is -0.375. The second-order valence-corrected chi connectivity index (χ2v) is 12.9. The molecule has 0 N–H and O–H groups in total. The summed E-state index contributed by atoms with van der Waals surface area (Å²) in [6.07, 6.45) is 7.77. The van der Waals surface area contributed by atoms with Gasteiger partial charge < -0.3 is 24.2 Å². The maximum absolute atomic E-state index is 16.2. The maximum atomic E-state index is 16.2. The van der Waals surface area contributed by atoms with Crippen molar-refractivity contribution in [1.82, 2.24) is 19.6 Å². The van der Waals surface area contributed by atoms with Crippen molar-refractivity contribution < 1.29 is 23.5 Å². The first-order chi connectivity index (χ1) is 18.5. The second-order valence-electron chi connectivity index (χ2n) is 12.9. The number of carbonyl (C=O) groups excluding carboxylic acids is 2. The van der Waals surface area contributed by atoms with Gasteiger partial charge in [-0.2, -0.15) is 0 Å². The molecule has 3 aliphatic carbocycles. The number of fused-ring (bicyclic) bond motifs is 3. The molecule has 210 valence electrons. The first kappa shape index (κ1) is 25.4. The average Bonchev–Trinajstić information content (AvgIpc) is 2.94. The SMILES string of the molecule is CN1CCN(C2C(F)CC3C(=O)C(C(=O)N4CCOCC4)=CN4C5CC6CCCCC6CC5OC2C34)CC1. The molecule has 0 aromatic carbocycles. The van der Waals surface area contributed by atoms with Crippen molar-refractivity contribution in [3.8, 4) is 0 Å². The molecular formula is C29H43FN4O4. The Morgan fingerprint density at radius 2 is 1.66 bits per heavy atom. The number of Topliss-reactive ketones (excluding diaryl/α,β-unsaturated/α-hetero) is 1. The van der Waals surface area contributed by atoms with Crippen LogP contribution in [0.15, 0.2) is 11.8 Å². The van der Waals surface area contributed by atoms with Crippen molar-refractivity contribution in [1.29, 1.82) is 0 Å². The molecule has 3 saturated carbocycles. The maximum Gasteiger partial charge on any atom is 0.259 e. The van der Waals surface area contributed by atoms with Gasteiger partial charge in [-0.3, -0.25) is 14.5 Å². The van der Waals surface area contributed by atoms with Crippen LogP contribution in [-0.2, 0) is 19.1 Å². The number of ketones is 1. The third-order valence-electron chi connectivity index (χ3n) is 10.9. The summed E-state index contributed by atoms with van der Waals surface area (Å²) in [4.78, 5) is 36.2. The fourth-order valence-corrected chi connectivity index (χ4v) is 8.91. The Labute approximate surface area is 225 Å².